The number of aromatic amines is 1. The zero-order chi connectivity index (χ0) is 17.8. The molecule has 0 bridgehead atoms. The number of hydrogen-bond donors (Lipinski definition) is 2. The average molecular weight is 351 g/mol. The van der Waals surface area contributed by atoms with E-state index in [-0.39, 0.29) is 12.1 Å². The number of rotatable bonds is 5. The molecule has 1 aromatic heterocycles. The molecule has 1 fully saturated rings. The van der Waals surface area contributed by atoms with Crippen molar-refractivity contribution >= 4 is 22.8 Å². The van der Waals surface area contributed by atoms with Gasteiger partial charge in [0.2, 0.25) is 0 Å². The van der Waals surface area contributed by atoms with Crippen LogP contribution in [0.1, 0.15) is 18.4 Å². The quantitative estimate of drug-likeness (QED) is 0.739. The Kier molecular flexibility index (Phi) is 4.79. The lowest BCUT2D eigenvalue weighted by Crippen LogP contribution is -2.39. The van der Waals surface area contributed by atoms with Gasteiger partial charge in [-0.25, -0.2) is 4.79 Å². The van der Waals surface area contributed by atoms with E-state index >= 15 is 0 Å². The second kappa shape index (κ2) is 7.53. The molecule has 0 unspecified atom stereocenters. The van der Waals surface area contributed by atoms with Gasteiger partial charge in [-0.3, -0.25) is 0 Å². The number of carbonyl (C=O) groups is 1. The molecule has 1 saturated heterocycles. The molecule has 26 heavy (non-hydrogen) atoms. The number of aromatic nitrogens is 3. The van der Waals surface area contributed by atoms with Gasteiger partial charge in [-0.15, -0.1) is 0 Å². The summed E-state index contributed by atoms with van der Waals surface area (Å²) in [5.74, 6) is 0. The molecule has 2 amide bonds. The van der Waals surface area contributed by atoms with Crippen LogP contribution in [0.25, 0.3) is 11.0 Å². The fourth-order valence-corrected chi connectivity index (χ4v) is 3.22. The summed E-state index contributed by atoms with van der Waals surface area (Å²) in [4.78, 5) is 14.8. The van der Waals surface area contributed by atoms with E-state index < -0.39 is 0 Å². The van der Waals surface area contributed by atoms with E-state index in [0.717, 1.165) is 30.5 Å². The third-order valence-corrected chi connectivity index (χ3v) is 4.54. The first-order valence-electron chi connectivity index (χ1n) is 8.80. The zero-order valence-corrected chi connectivity index (χ0v) is 14.4. The number of para-hydroxylation sites is 1. The van der Waals surface area contributed by atoms with E-state index in [4.69, 9.17) is 4.74 Å². The second-order valence-electron chi connectivity index (χ2n) is 6.43. The molecule has 2 aromatic carbocycles. The first-order valence-corrected chi connectivity index (χ1v) is 8.80. The topological polar surface area (TPSA) is 83.1 Å². The van der Waals surface area contributed by atoms with Gasteiger partial charge in [0.1, 0.15) is 11.0 Å². The SMILES string of the molecule is O=C(Nc1cccc2n[nH]nc12)N(Cc1ccccc1)C[C@@H]1CCCO1. The van der Waals surface area contributed by atoms with Crippen LogP contribution in [0, 0.1) is 0 Å². The summed E-state index contributed by atoms with van der Waals surface area (Å²) in [6, 6.07) is 15.3. The molecule has 0 aliphatic carbocycles. The van der Waals surface area contributed by atoms with Crippen LogP contribution < -0.4 is 5.32 Å². The summed E-state index contributed by atoms with van der Waals surface area (Å²) in [6.45, 7) is 1.86. The predicted molar refractivity (Wildman–Crippen MR) is 98.7 cm³/mol. The maximum absolute atomic E-state index is 13.0. The molecule has 0 saturated carbocycles. The third-order valence-electron chi connectivity index (χ3n) is 4.54. The van der Waals surface area contributed by atoms with Crippen molar-refractivity contribution in [3.8, 4) is 0 Å². The van der Waals surface area contributed by atoms with Crippen molar-refractivity contribution in [3.63, 3.8) is 0 Å². The molecule has 3 aromatic rings. The van der Waals surface area contributed by atoms with Gasteiger partial charge in [-0.2, -0.15) is 15.4 Å². The van der Waals surface area contributed by atoms with Crippen molar-refractivity contribution in [2.45, 2.75) is 25.5 Å². The van der Waals surface area contributed by atoms with Crippen LogP contribution in [0.2, 0.25) is 0 Å². The molecule has 7 heteroatoms. The van der Waals surface area contributed by atoms with Crippen LogP contribution >= 0.6 is 0 Å². The highest BCUT2D eigenvalue weighted by molar-refractivity contribution is 5.98. The Morgan fingerprint density at radius 3 is 2.88 bits per heavy atom. The molecule has 1 atom stereocenters. The Morgan fingerprint density at radius 2 is 2.08 bits per heavy atom. The summed E-state index contributed by atoms with van der Waals surface area (Å²) in [6.07, 6.45) is 2.12. The number of urea groups is 1. The Hall–Kier alpha value is -2.93. The molecule has 0 radical (unpaired) electrons. The van der Waals surface area contributed by atoms with Crippen LogP contribution in [-0.2, 0) is 11.3 Å². The Labute approximate surface area is 151 Å². The number of carbonyl (C=O) groups excluding carboxylic acids is 1. The van der Waals surface area contributed by atoms with Crippen molar-refractivity contribution in [2.75, 3.05) is 18.5 Å². The van der Waals surface area contributed by atoms with Crippen LogP contribution in [0.15, 0.2) is 48.5 Å². The molecule has 4 rings (SSSR count). The highest BCUT2D eigenvalue weighted by Gasteiger charge is 2.23. The molecular weight excluding hydrogens is 330 g/mol. The third kappa shape index (κ3) is 3.67. The number of fused-ring (bicyclic) bond motifs is 1. The van der Waals surface area contributed by atoms with Gasteiger partial charge in [-0.05, 0) is 30.5 Å². The monoisotopic (exact) mass is 351 g/mol. The largest absolute Gasteiger partial charge is 0.376 e. The van der Waals surface area contributed by atoms with Crippen molar-refractivity contribution < 1.29 is 9.53 Å². The average Bonchev–Trinajstić information content (AvgIpc) is 3.34. The van der Waals surface area contributed by atoms with Gasteiger partial charge in [0, 0.05) is 19.7 Å². The number of anilines is 1. The maximum Gasteiger partial charge on any atom is 0.322 e. The van der Waals surface area contributed by atoms with Crippen molar-refractivity contribution in [1.82, 2.24) is 20.3 Å². The highest BCUT2D eigenvalue weighted by atomic mass is 16.5. The van der Waals surface area contributed by atoms with Crippen molar-refractivity contribution in [2.24, 2.45) is 0 Å². The number of nitrogens with one attached hydrogen (secondary N) is 2. The lowest BCUT2D eigenvalue weighted by Gasteiger charge is -2.26. The summed E-state index contributed by atoms with van der Waals surface area (Å²) in [5.41, 5.74) is 3.10. The minimum absolute atomic E-state index is 0.0901. The van der Waals surface area contributed by atoms with E-state index in [2.05, 4.69) is 20.7 Å². The van der Waals surface area contributed by atoms with Crippen LogP contribution in [-0.4, -0.2) is 45.6 Å². The normalized spacial score (nSPS) is 16.7. The van der Waals surface area contributed by atoms with Crippen LogP contribution in [0.4, 0.5) is 10.5 Å². The number of ether oxygens (including phenoxy) is 1. The zero-order valence-electron chi connectivity index (χ0n) is 14.4. The first kappa shape index (κ1) is 16.5. The molecule has 7 nitrogen and oxygen atoms in total. The molecule has 2 heterocycles. The summed E-state index contributed by atoms with van der Waals surface area (Å²) >= 11 is 0. The summed E-state index contributed by atoms with van der Waals surface area (Å²) in [7, 11) is 0. The minimum atomic E-state index is -0.167. The molecule has 2 N–H and O–H groups in total. The molecule has 134 valence electrons. The van der Waals surface area contributed by atoms with Gasteiger partial charge in [0.05, 0.1) is 11.8 Å². The van der Waals surface area contributed by atoms with Gasteiger partial charge in [-0.1, -0.05) is 36.4 Å². The maximum atomic E-state index is 13.0. The Bertz CT molecular complexity index is 874. The summed E-state index contributed by atoms with van der Waals surface area (Å²) < 4.78 is 5.73. The number of amides is 2. The van der Waals surface area contributed by atoms with Gasteiger partial charge in [0.15, 0.2) is 0 Å². The van der Waals surface area contributed by atoms with E-state index in [0.29, 0.717) is 24.3 Å². The number of H-pyrrole nitrogens is 1. The smallest absolute Gasteiger partial charge is 0.322 e. The second-order valence-corrected chi connectivity index (χ2v) is 6.43. The van der Waals surface area contributed by atoms with Crippen molar-refractivity contribution in [3.05, 3.63) is 54.1 Å². The fraction of sp³-hybridized carbons (Fsp3) is 0.316. The van der Waals surface area contributed by atoms with Gasteiger partial charge < -0.3 is 15.0 Å². The lowest BCUT2D eigenvalue weighted by molar-refractivity contribution is 0.0819. The standard InChI is InChI=1S/C19H21N5O2/c25-19(20-16-9-4-10-17-18(16)22-23-21-17)24(13-15-8-5-11-26-15)12-14-6-2-1-3-7-14/h1-4,6-7,9-10,15H,5,8,11-13H2,(H,20,25)(H,21,22,23)/t15-/m0/s1. The molecule has 1 aliphatic rings. The Morgan fingerprint density at radius 1 is 1.19 bits per heavy atom. The van der Waals surface area contributed by atoms with Crippen LogP contribution in [0.3, 0.4) is 0 Å². The number of hydrogen-bond acceptors (Lipinski definition) is 4. The minimum Gasteiger partial charge on any atom is -0.376 e. The highest BCUT2D eigenvalue weighted by Crippen LogP contribution is 2.21. The van der Waals surface area contributed by atoms with E-state index in [1.807, 2.05) is 48.5 Å². The number of benzene rings is 2. The van der Waals surface area contributed by atoms with Crippen LogP contribution in [0.5, 0.6) is 0 Å². The van der Waals surface area contributed by atoms with Gasteiger partial charge >= 0.3 is 6.03 Å². The summed E-state index contributed by atoms with van der Waals surface area (Å²) in [5, 5.41) is 13.8. The van der Waals surface area contributed by atoms with Crippen molar-refractivity contribution in [1.29, 1.82) is 0 Å². The molecule has 0 spiro atoms. The predicted octanol–water partition coefficient (Wildman–Crippen LogP) is 3.17. The van der Waals surface area contributed by atoms with E-state index in [1.165, 1.54) is 0 Å². The number of nitrogens with zero attached hydrogens (tertiary/aromatic N) is 3. The fourth-order valence-electron chi connectivity index (χ4n) is 3.22. The van der Waals surface area contributed by atoms with E-state index in [1.54, 1.807) is 4.90 Å². The lowest BCUT2D eigenvalue weighted by atomic mass is 10.2. The first-order chi connectivity index (χ1) is 12.8. The molecular formula is C19H21N5O2. The van der Waals surface area contributed by atoms with E-state index in [9.17, 15) is 4.79 Å². The van der Waals surface area contributed by atoms with Gasteiger partial charge in [0.25, 0.3) is 0 Å². The molecule has 1 aliphatic heterocycles. The Balaban J connectivity index is 1.53.